The molecule has 0 bridgehead atoms. The summed E-state index contributed by atoms with van der Waals surface area (Å²) in [6.45, 7) is 3.46. The van der Waals surface area contributed by atoms with Crippen LogP contribution in [0.5, 0.6) is 0 Å². The number of benzene rings is 2. The van der Waals surface area contributed by atoms with Crippen LogP contribution in [0.15, 0.2) is 41.4 Å². The van der Waals surface area contributed by atoms with Gasteiger partial charge in [-0.3, -0.25) is 19.9 Å². The summed E-state index contributed by atoms with van der Waals surface area (Å²) in [7, 11) is 0. The lowest BCUT2D eigenvalue weighted by Gasteiger charge is -2.27. The summed E-state index contributed by atoms with van der Waals surface area (Å²) in [4.78, 5) is 31.4. The summed E-state index contributed by atoms with van der Waals surface area (Å²) in [5.41, 5.74) is 2.54. The summed E-state index contributed by atoms with van der Waals surface area (Å²) >= 11 is 0. The van der Waals surface area contributed by atoms with Crippen LogP contribution in [0.4, 0.5) is 15.8 Å². The minimum absolute atomic E-state index is 0.0692. The second-order valence-electron chi connectivity index (χ2n) is 8.42. The van der Waals surface area contributed by atoms with E-state index < -0.39 is 11.7 Å². The Morgan fingerprint density at radius 1 is 1.12 bits per heavy atom. The first kappa shape index (κ1) is 21.4. The highest BCUT2D eigenvalue weighted by Gasteiger charge is 2.29. The maximum atomic E-state index is 15.2. The molecule has 8 nitrogen and oxygen atoms in total. The van der Waals surface area contributed by atoms with Crippen molar-refractivity contribution in [2.45, 2.75) is 18.8 Å². The lowest BCUT2D eigenvalue weighted by molar-refractivity contribution is 0.0303. The predicted molar refractivity (Wildman–Crippen MR) is 123 cm³/mol. The number of amides is 2. The van der Waals surface area contributed by atoms with Crippen LogP contribution in [0.25, 0.3) is 0 Å². The van der Waals surface area contributed by atoms with Gasteiger partial charge in [-0.15, -0.1) is 0 Å². The molecule has 1 saturated carbocycles. The number of guanidine groups is 1. The number of hydrogen-bond acceptors (Lipinski definition) is 6. The van der Waals surface area contributed by atoms with Gasteiger partial charge < -0.3 is 20.3 Å². The summed E-state index contributed by atoms with van der Waals surface area (Å²) in [5, 5.41) is 8.83. The molecular weight excluding hydrogens is 425 g/mol. The molecule has 2 aliphatic heterocycles. The van der Waals surface area contributed by atoms with Gasteiger partial charge in [0, 0.05) is 36.4 Å². The number of hydrogen-bond donors (Lipinski definition) is 3. The van der Waals surface area contributed by atoms with Gasteiger partial charge >= 0.3 is 0 Å². The zero-order valence-electron chi connectivity index (χ0n) is 18.2. The number of morpholine rings is 1. The van der Waals surface area contributed by atoms with Gasteiger partial charge in [-0.25, -0.2) is 4.39 Å². The number of carbonyl (C=O) groups is 2. The van der Waals surface area contributed by atoms with Crippen molar-refractivity contribution < 1.29 is 18.7 Å². The van der Waals surface area contributed by atoms with Crippen molar-refractivity contribution in [2.75, 3.05) is 44.7 Å². The quantitative estimate of drug-likeness (QED) is 0.650. The van der Waals surface area contributed by atoms with Crippen LogP contribution in [-0.4, -0.2) is 62.1 Å². The van der Waals surface area contributed by atoms with Gasteiger partial charge in [0.2, 0.25) is 0 Å². The van der Waals surface area contributed by atoms with Gasteiger partial charge in [-0.2, -0.15) is 0 Å². The lowest BCUT2D eigenvalue weighted by Crippen LogP contribution is -2.40. The largest absolute Gasteiger partial charge is 0.378 e. The maximum Gasteiger partial charge on any atom is 0.258 e. The molecule has 2 heterocycles. The topological polar surface area (TPSA) is 95.1 Å². The molecule has 2 fully saturated rings. The molecule has 0 atom stereocenters. The van der Waals surface area contributed by atoms with E-state index in [1.165, 1.54) is 6.07 Å². The van der Waals surface area contributed by atoms with Gasteiger partial charge in [0.05, 0.1) is 25.4 Å². The molecule has 2 aromatic rings. The fraction of sp³-hybridized carbons (Fsp3) is 0.375. The van der Waals surface area contributed by atoms with Crippen molar-refractivity contribution >= 4 is 29.1 Å². The highest BCUT2D eigenvalue weighted by atomic mass is 19.1. The molecule has 5 rings (SSSR count). The zero-order chi connectivity index (χ0) is 22.8. The standard InChI is InChI=1S/C24H26FN5O3/c25-20-14-17(22(31)29-24-26-6-7-27-24)13-19(15-4-5-15)21(20)28-18-3-1-2-16(12-18)23(32)30-8-10-33-11-9-30/h1-3,12-15,28H,4-11H2,(H2,26,27,29,31). The van der Waals surface area contributed by atoms with Crippen LogP contribution < -0.4 is 16.0 Å². The number of halogens is 1. The van der Waals surface area contributed by atoms with Gasteiger partial charge in [-0.1, -0.05) is 6.07 Å². The normalized spacial score (nSPS) is 17.8. The molecule has 3 aliphatic rings. The molecule has 172 valence electrons. The predicted octanol–water partition coefficient (Wildman–Crippen LogP) is 2.61. The summed E-state index contributed by atoms with van der Waals surface area (Å²) in [6.07, 6.45) is 1.89. The van der Waals surface area contributed by atoms with Crippen molar-refractivity contribution in [1.29, 1.82) is 0 Å². The first-order chi connectivity index (χ1) is 16.1. The number of rotatable bonds is 5. The molecule has 0 aromatic heterocycles. The Bertz CT molecular complexity index is 1110. The van der Waals surface area contributed by atoms with E-state index in [1.807, 2.05) is 0 Å². The monoisotopic (exact) mass is 451 g/mol. The molecule has 2 amide bonds. The lowest BCUT2D eigenvalue weighted by atomic mass is 10.0. The average molecular weight is 452 g/mol. The van der Waals surface area contributed by atoms with Crippen molar-refractivity contribution in [3.05, 3.63) is 58.9 Å². The molecule has 9 heteroatoms. The summed E-state index contributed by atoms with van der Waals surface area (Å²) in [5.74, 6) is -0.350. The SMILES string of the molecule is O=C(NC1=NCCN1)c1cc(F)c(Nc2cccc(C(=O)N3CCOCC3)c2)c(C2CC2)c1. The van der Waals surface area contributed by atoms with Gasteiger partial charge in [0.15, 0.2) is 5.96 Å². The van der Waals surface area contributed by atoms with Crippen molar-refractivity contribution in [1.82, 2.24) is 15.5 Å². The van der Waals surface area contributed by atoms with Crippen LogP contribution in [0.1, 0.15) is 45.0 Å². The van der Waals surface area contributed by atoms with Crippen LogP contribution >= 0.6 is 0 Å². The van der Waals surface area contributed by atoms with E-state index in [-0.39, 0.29) is 17.4 Å². The minimum Gasteiger partial charge on any atom is -0.378 e. The van der Waals surface area contributed by atoms with E-state index in [0.717, 1.165) is 18.4 Å². The number of carbonyl (C=O) groups excluding carboxylic acids is 2. The van der Waals surface area contributed by atoms with E-state index in [2.05, 4.69) is 20.9 Å². The van der Waals surface area contributed by atoms with E-state index in [4.69, 9.17) is 4.74 Å². The second kappa shape index (κ2) is 9.19. The second-order valence-corrected chi connectivity index (χ2v) is 8.42. The van der Waals surface area contributed by atoms with Gasteiger partial charge in [0.1, 0.15) is 5.82 Å². The number of nitrogens with one attached hydrogen (secondary N) is 3. The molecule has 2 aromatic carbocycles. The molecular formula is C24H26FN5O3. The Kier molecular flexibility index (Phi) is 5.95. The third-order valence-corrected chi connectivity index (χ3v) is 5.98. The van der Waals surface area contributed by atoms with E-state index in [9.17, 15) is 9.59 Å². The molecule has 1 saturated heterocycles. The first-order valence-electron chi connectivity index (χ1n) is 11.3. The first-order valence-corrected chi connectivity index (χ1v) is 11.3. The number of ether oxygens (including phenoxy) is 1. The van der Waals surface area contributed by atoms with Crippen molar-refractivity contribution in [3.8, 4) is 0 Å². The smallest absolute Gasteiger partial charge is 0.258 e. The Balaban J connectivity index is 1.38. The average Bonchev–Trinajstić information content (AvgIpc) is 3.56. The molecule has 0 unspecified atom stereocenters. The van der Waals surface area contributed by atoms with E-state index in [1.54, 1.807) is 35.2 Å². The number of anilines is 2. The van der Waals surface area contributed by atoms with Crippen LogP contribution in [0, 0.1) is 5.82 Å². The maximum absolute atomic E-state index is 15.2. The van der Waals surface area contributed by atoms with Crippen LogP contribution in [-0.2, 0) is 4.74 Å². The van der Waals surface area contributed by atoms with E-state index in [0.29, 0.717) is 62.3 Å². The Morgan fingerprint density at radius 3 is 2.67 bits per heavy atom. The Hall–Kier alpha value is -3.46. The molecule has 0 radical (unpaired) electrons. The van der Waals surface area contributed by atoms with Crippen molar-refractivity contribution in [2.24, 2.45) is 4.99 Å². The summed E-state index contributed by atoms with van der Waals surface area (Å²) < 4.78 is 20.6. The van der Waals surface area contributed by atoms with Crippen LogP contribution in [0.3, 0.4) is 0 Å². The molecule has 3 N–H and O–H groups in total. The molecule has 1 aliphatic carbocycles. The van der Waals surface area contributed by atoms with Crippen molar-refractivity contribution in [3.63, 3.8) is 0 Å². The van der Waals surface area contributed by atoms with Gasteiger partial charge in [-0.05, 0) is 54.7 Å². The summed E-state index contributed by atoms with van der Waals surface area (Å²) in [6, 6.07) is 10.1. The number of aliphatic imine (C=N–C) groups is 1. The fourth-order valence-corrected chi connectivity index (χ4v) is 4.09. The zero-order valence-corrected chi connectivity index (χ0v) is 18.2. The molecule has 33 heavy (non-hydrogen) atoms. The van der Waals surface area contributed by atoms with Gasteiger partial charge in [0.25, 0.3) is 11.8 Å². The third kappa shape index (κ3) is 4.83. The number of nitrogens with zero attached hydrogens (tertiary/aromatic N) is 2. The molecule has 0 spiro atoms. The highest BCUT2D eigenvalue weighted by molar-refractivity contribution is 6.06. The fourth-order valence-electron chi connectivity index (χ4n) is 4.09. The van der Waals surface area contributed by atoms with Crippen LogP contribution in [0.2, 0.25) is 0 Å². The Labute approximate surface area is 191 Å². The van der Waals surface area contributed by atoms with E-state index >= 15 is 4.39 Å². The Morgan fingerprint density at radius 2 is 1.94 bits per heavy atom. The third-order valence-electron chi connectivity index (χ3n) is 5.98. The highest BCUT2D eigenvalue weighted by Crippen LogP contribution is 2.45. The minimum atomic E-state index is -0.504.